The predicted molar refractivity (Wildman–Crippen MR) is 131 cm³/mol. The summed E-state index contributed by atoms with van der Waals surface area (Å²) >= 11 is 0. The number of rotatable bonds is 19. The van der Waals surface area contributed by atoms with Crippen LogP contribution in [0.3, 0.4) is 0 Å². The molecule has 1 saturated heterocycles. The summed E-state index contributed by atoms with van der Waals surface area (Å²) in [4.78, 5) is 2.43. The van der Waals surface area contributed by atoms with Gasteiger partial charge in [-0.2, -0.15) is 0 Å². The lowest BCUT2D eigenvalue weighted by atomic mass is 9.96. The van der Waals surface area contributed by atoms with Crippen LogP contribution in [0.4, 0.5) is 0 Å². The molecule has 1 aliphatic heterocycles. The molecule has 0 aromatic heterocycles. The molecule has 29 heavy (non-hydrogen) atoms. The van der Waals surface area contributed by atoms with E-state index in [1.807, 2.05) is 0 Å². The molecule has 3 nitrogen and oxygen atoms in total. The van der Waals surface area contributed by atoms with Crippen molar-refractivity contribution >= 4 is 12.4 Å². The van der Waals surface area contributed by atoms with E-state index >= 15 is 0 Å². The van der Waals surface area contributed by atoms with Gasteiger partial charge in [0.25, 0.3) is 0 Å². The van der Waals surface area contributed by atoms with Crippen LogP contribution >= 0.6 is 12.4 Å². The molecule has 1 heterocycles. The topological polar surface area (TPSA) is 49.5 Å². The fraction of sp³-hybridized carbons (Fsp3) is 1.00. The Bertz CT molecular complexity index is 322. The van der Waals surface area contributed by atoms with Gasteiger partial charge < -0.3 is 15.7 Å². The highest BCUT2D eigenvalue weighted by atomic mass is 35.5. The summed E-state index contributed by atoms with van der Waals surface area (Å²) in [5.74, 6) is 0.712. The number of β-amino-alcohol motifs (C(OH)–C–C–N with tert-alkyl or cyclic N) is 1. The van der Waals surface area contributed by atoms with Crippen LogP contribution in [-0.4, -0.2) is 42.3 Å². The van der Waals surface area contributed by atoms with Crippen molar-refractivity contribution in [3.8, 4) is 0 Å². The summed E-state index contributed by atoms with van der Waals surface area (Å²) in [6.07, 6.45) is 24.3. The highest BCUT2D eigenvalue weighted by molar-refractivity contribution is 5.85. The Morgan fingerprint density at radius 2 is 1.17 bits per heavy atom. The second-order valence-electron chi connectivity index (χ2n) is 9.37. The van der Waals surface area contributed by atoms with Crippen LogP contribution < -0.4 is 5.73 Å². The molecule has 0 saturated carbocycles. The van der Waals surface area contributed by atoms with Crippen LogP contribution in [0, 0.1) is 5.92 Å². The first-order valence-electron chi connectivity index (χ1n) is 12.9. The highest BCUT2D eigenvalue weighted by Gasteiger charge is 2.19. The first-order chi connectivity index (χ1) is 13.8. The fourth-order valence-electron chi connectivity index (χ4n) is 4.55. The number of likely N-dealkylation sites (tertiary alicyclic amines) is 1. The van der Waals surface area contributed by atoms with Crippen LogP contribution in [0.5, 0.6) is 0 Å². The van der Waals surface area contributed by atoms with Gasteiger partial charge in [-0.05, 0) is 44.8 Å². The Morgan fingerprint density at radius 3 is 1.59 bits per heavy atom. The molecule has 0 aliphatic carbocycles. The minimum Gasteiger partial charge on any atom is -0.392 e. The van der Waals surface area contributed by atoms with E-state index in [2.05, 4.69) is 11.8 Å². The van der Waals surface area contributed by atoms with E-state index < -0.39 is 0 Å². The molecule has 176 valence electrons. The molecule has 1 rings (SSSR count). The zero-order chi connectivity index (χ0) is 20.3. The molecule has 1 unspecified atom stereocenters. The van der Waals surface area contributed by atoms with Crippen molar-refractivity contribution in [1.29, 1.82) is 0 Å². The van der Waals surface area contributed by atoms with E-state index in [0.29, 0.717) is 5.92 Å². The largest absolute Gasteiger partial charge is 0.392 e. The van der Waals surface area contributed by atoms with E-state index in [4.69, 9.17) is 5.73 Å². The summed E-state index contributed by atoms with van der Waals surface area (Å²) in [5.41, 5.74) is 5.75. The van der Waals surface area contributed by atoms with Gasteiger partial charge in [0.05, 0.1) is 6.10 Å². The lowest BCUT2D eigenvalue weighted by Gasteiger charge is -2.32. The number of unbranched alkanes of at least 4 members (excludes halogenated alkanes) is 14. The predicted octanol–water partition coefficient (Wildman–Crippen LogP) is 6.70. The number of aliphatic hydroxyl groups is 1. The average Bonchev–Trinajstić information content (AvgIpc) is 2.71. The van der Waals surface area contributed by atoms with Crippen molar-refractivity contribution in [2.75, 3.05) is 26.2 Å². The van der Waals surface area contributed by atoms with Gasteiger partial charge in [0.2, 0.25) is 0 Å². The van der Waals surface area contributed by atoms with Gasteiger partial charge in [0.1, 0.15) is 0 Å². The van der Waals surface area contributed by atoms with Crippen LogP contribution in [0.2, 0.25) is 0 Å². The molecule has 0 bridgehead atoms. The standard InChI is InChI=1S/C25H52N2O.ClH/c1-2-3-4-5-6-7-8-9-10-11-12-13-14-15-16-17-25(28)23-27-20-18-24(22-26)19-21-27;/h24-25,28H,2-23,26H2,1H3;1H. The molecule has 4 heteroatoms. The van der Waals surface area contributed by atoms with Gasteiger partial charge in [0.15, 0.2) is 0 Å². The first kappa shape index (κ1) is 29.2. The second kappa shape index (κ2) is 21.4. The van der Waals surface area contributed by atoms with Crippen molar-refractivity contribution < 1.29 is 5.11 Å². The number of nitrogens with two attached hydrogens (primary N) is 1. The minimum absolute atomic E-state index is 0. The lowest BCUT2D eigenvalue weighted by Crippen LogP contribution is -2.40. The number of hydrogen-bond donors (Lipinski definition) is 2. The normalized spacial score (nSPS) is 16.7. The smallest absolute Gasteiger partial charge is 0.0667 e. The molecule has 3 N–H and O–H groups in total. The third-order valence-corrected chi connectivity index (χ3v) is 6.65. The van der Waals surface area contributed by atoms with E-state index in [1.54, 1.807) is 0 Å². The summed E-state index contributed by atoms with van der Waals surface area (Å²) in [5, 5.41) is 10.3. The Balaban J connectivity index is 0.00000784. The van der Waals surface area contributed by atoms with E-state index in [-0.39, 0.29) is 18.5 Å². The van der Waals surface area contributed by atoms with Crippen LogP contribution in [0.25, 0.3) is 0 Å². The van der Waals surface area contributed by atoms with Gasteiger partial charge in [-0.1, -0.05) is 103 Å². The summed E-state index contributed by atoms with van der Waals surface area (Å²) in [6, 6.07) is 0. The second-order valence-corrected chi connectivity index (χ2v) is 9.37. The SMILES string of the molecule is CCCCCCCCCCCCCCCCCC(O)CN1CCC(CN)CC1.Cl. The van der Waals surface area contributed by atoms with Crippen LogP contribution in [0.15, 0.2) is 0 Å². The van der Waals surface area contributed by atoms with Crippen molar-refractivity contribution in [3.63, 3.8) is 0 Å². The van der Waals surface area contributed by atoms with Crippen molar-refractivity contribution in [2.45, 2.75) is 129 Å². The number of nitrogens with zero attached hydrogens (tertiary/aromatic N) is 1. The molecular formula is C25H53ClN2O. The summed E-state index contributed by atoms with van der Waals surface area (Å²) in [7, 11) is 0. The van der Waals surface area contributed by atoms with Gasteiger partial charge >= 0.3 is 0 Å². The fourth-order valence-corrected chi connectivity index (χ4v) is 4.55. The maximum absolute atomic E-state index is 10.3. The van der Waals surface area contributed by atoms with Gasteiger partial charge in [-0.25, -0.2) is 0 Å². The third kappa shape index (κ3) is 17.5. The van der Waals surface area contributed by atoms with Gasteiger partial charge in [-0.15, -0.1) is 12.4 Å². The molecule has 1 fully saturated rings. The third-order valence-electron chi connectivity index (χ3n) is 6.65. The maximum atomic E-state index is 10.3. The first-order valence-corrected chi connectivity index (χ1v) is 12.9. The highest BCUT2D eigenvalue weighted by Crippen LogP contribution is 2.17. The van der Waals surface area contributed by atoms with Gasteiger partial charge in [-0.3, -0.25) is 0 Å². The molecular weight excluding hydrogens is 380 g/mol. The molecule has 0 amide bonds. The van der Waals surface area contributed by atoms with E-state index in [1.165, 1.54) is 109 Å². The summed E-state index contributed by atoms with van der Waals surface area (Å²) < 4.78 is 0. The van der Waals surface area contributed by atoms with Crippen molar-refractivity contribution in [2.24, 2.45) is 11.7 Å². The Kier molecular flexibility index (Phi) is 21.5. The molecule has 0 radical (unpaired) electrons. The van der Waals surface area contributed by atoms with Crippen LogP contribution in [0.1, 0.15) is 122 Å². The monoisotopic (exact) mass is 432 g/mol. The maximum Gasteiger partial charge on any atom is 0.0667 e. The van der Waals surface area contributed by atoms with Crippen molar-refractivity contribution in [3.05, 3.63) is 0 Å². The van der Waals surface area contributed by atoms with Crippen molar-refractivity contribution in [1.82, 2.24) is 4.90 Å². The Labute approximate surface area is 189 Å². The molecule has 0 aromatic carbocycles. The molecule has 0 aromatic rings. The van der Waals surface area contributed by atoms with Crippen LogP contribution in [-0.2, 0) is 0 Å². The average molecular weight is 433 g/mol. The Morgan fingerprint density at radius 1 is 0.759 bits per heavy atom. The number of aliphatic hydroxyl groups excluding tert-OH is 1. The lowest BCUT2D eigenvalue weighted by molar-refractivity contribution is 0.0830. The summed E-state index contributed by atoms with van der Waals surface area (Å²) in [6.45, 7) is 6.23. The molecule has 0 spiro atoms. The quantitative estimate of drug-likeness (QED) is 0.223. The number of piperidine rings is 1. The Hall–Kier alpha value is 0.170. The van der Waals surface area contributed by atoms with E-state index in [9.17, 15) is 5.11 Å². The number of hydrogen-bond acceptors (Lipinski definition) is 3. The molecule has 1 aliphatic rings. The number of halogens is 1. The van der Waals surface area contributed by atoms with E-state index in [0.717, 1.165) is 32.6 Å². The zero-order valence-corrected chi connectivity index (χ0v) is 20.4. The minimum atomic E-state index is -0.128. The zero-order valence-electron chi connectivity index (χ0n) is 19.6. The van der Waals surface area contributed by atoms with Gasteiger partial charge in [0, 0.05) is 6.54 Å². The molecule has 1 atom stereocenters.